The fraction of sp³-hybridized carbons (Fsp3) is 0.533. The van der Waals surface area contributed by atoms with Crippen LogP contribution in [-0.2, 0) is 16.5 Å². The lowest BCUT2D eigenvalue weighted by Crippen LogP contribution is -2.39. The molecule has 9 heteroatoms. The molecule has 1 aliphatic heterocycles. The normalized spacial score (nSPS) is 16.2. The molecule has 1 saturated heterocycles. The number of rotatable bonds is 9. The van der Waals surface area contributed by atoms with Crippen LogP contribution in [0.15, 0.2) is 41.3 Å². The highest BCUT2D eigenvalue weighted by atomic mass is 16.5. The topological polar surface area (TPSA) is 87.3 Å². The van der Waals surface area contributed by atoms with Crippen molar-refractivity contribution in [1.82, 2.24) is 29.2 Å². The summed E-state index contributed by atoms with van der Waals surface area (Å²) >= 11 is 0. The van der Waals surface area contributed by atoms with Gasteiger partial charge in [-0.15, -0.1) is 10.2 Å². The molecule has 0 spiro atoms. The van der Waals surface area contributed by atoms with Crippen LogP contribution >= 0.6 is 0 Å². The number of aryl methyl sites for hydroxylation is 1. The highest BCUT2D eigenvalue weighted by molar-refractivity contribution is 6.02. The number of imidazole rings is 1. The molecule has 0 amide bonds. The van der Waals surface area contributed by atoms with Gasteiger partial charge in [-0.05, 0) is 71.2 Å². The quantitative estimate of drug-likeness (QED) is 0.303. The van der Waals surface area contributed by atoms with Crippen molar-refractivity contribution in [1.29, 1.82) is 0 Å². The predicted octanol–water partition coefficient (Wildman–Crippen LogP) is 4.89. The maximum absolute atomic E-state index is 12.9. The van der Waals surface area contributed by atoms with Gasteiger partial charge in [0.2, 0.25) is 0 Å². The lowest BCUT2D eigenvalue weighted by molar-refractivity contribution is -0.0330. The molecular weight excluding hydrogens is 492 g/mol. The third kappa shape index (κ3) is 5.76. The zero-order valence-corrected chi connectivity index (χ0v) is 23.9. The van der Waals surface area contributed by atoms with Crippen molar-refractivity contribution in [2.75, 3.05) is 26.2 Å². The number of aromatic nitrogens is 5. The van der Waals surface area contributed by atoms with E-state index in [1.165, 1.54) is 0 Å². The van der Waals surface area contributed by atoms with Crippen molar-refractivity contribution in [2.45, 2.75) is 71.8 Å². The molecule has 0 N–H and O–H groups in total. The Bertz CT molecular complexity index is 1480. The summed E-state index contributed by atoms with van der Waals surface area (Å²) in [4.78, 5) is 20.0. The second-order valence-electron chi connectivity index (χ2n) is 11.1. The van der Waals surface area contributed by atoms with E-state index in [1.807, 2.05) is 38.2 Å². The SMILES string of the molecule is CC(C)OC1CCN(CCO[C@H](C)c2ccc(-c3ccc4nnc5c(c4c3)n(C(C)C)c(=O)n5C)cn2)CC1. The lowest BCUT2D eigenvalue weighted by Gasteiger charge is -2.32. The van der Waals surface area contributed by atoms with Crippen LogP contribution in [0, 0.1) is 0 Å². The Morgan fingerprint density at radius 3 is 2.41 bits per heavy atom. The Morgan fingerprint density at radius 1 is 1.00 bits per heavy atom. The van der Waals surface area contributed by atoms with Gasteiger partial charge in [-0.1, -0.05) is 12.1 Å². The summed E-state index contributed by atoms with van der Waals surface area (Å²) in [6, 6.07) is 10.2. The van der Waals surface area contributed by atoms with E-state index in [2.05, 4.69) is 48.0 Å². The van der Waals surface area contributed by atoms with Gasteiger partial charge in [-0.25, -0.2) is 4.79 Å². The van der Waals surface area contributed by atoms with Gasteiger partial charge in [0.15, 0.2) is 5.65 Å². The zero-order valence-electron chi connectivity index (χ0n) is 23.9. The van der Waals surface area contributed by atoms with Crippen molar-refractivity contribution in [3.05, 3.63) is 52.7 Å². The number of hydrogen-bond donors (Lipinski definition) is 0. The van der Waals surface area contributed by atoms with E-state index in [4.69, 9.17) is 14.5 Å². The van der Waals surface area contributed by atoms with Crippen LogP contribution in [0.1, 0.15) is 65.3 Å². The number of nitrogens with zero attached hydrogens (tertiary/aromatic N) is 6. The molecule has 208 valence electrons. The highest BCUT2D eigenvalue weighted by Crippen LogP contribution is 2.29. The first kappa shape index (κ1) is 27.4. The Kier molecular flexibility index (Phi) is 8.11. The van der Waals surface area contributed by atoms with Crippen LogP contribution < -0.4 is 5.69 Å². The maximum Gasteiger partial charge on any atom is 0.330 e. The molecule has 1 atom stereocenters. The number of fused-ring (bicyclic) bond motifs is 3. The van der Waals surface area contributed by atoms with E-state index in [1.54, 1.807) is 16.2 Å². The minimum atomic E-state index is -0.0863. The van der Waals surface area contributed by atoms with E-state index in [0.717, 1.165) is 65.7 Å². The lowest BCUT2D eigenvalue weighted by atomic mass is 10.0. The molecular formula is C30H40N6O3. The van der Waals surface area contributed by atoms with Crippen LogP contribution in [0.25, 0.3) is 33.2 Å². The molecule has 0 saturated carbocycles. The molecule has 5 rings (SSSR count). The molecule has 1 aromatic carbocycles. The predicted molar refractivity (Wildman–Crippen MR) is 154 cm³/mol. The zero-order chi connectivity index (χ0) is 27.7. The van der Waals surface area contributed by atoms with Crippen LogP contribution in [0.4, 0.5) is 0 Å². The summed E-state index contributed by atoms with van der Waals surface area (Å²) in [5.74, 6) is 0. The molecule has 39 heavy (non-hydrogen) atoms. The first-order chi connectivity index (χ1) is 18.7. The first-order valence-corrected chi connectivity index (χ1v) is 14.1. The van der Waals surface area contributed by atoms with E-state index in [9.17, 15) is 4.79 Å². The number of piperidine rings is 1. The van der Waals surface area contributed by atoms with E-state index >= 15 is 0 Å². The average Bonchev–Trinajstić information content (AvgIpc) is 3.19. The molecule has 4 aromatic rings. The van der Waals surface area contributed by atoms with Gasteiger partial charge < -0.3 is 14.4 Å². The number of pyridine rings is 1. The van der Waals surface area contributed by atoms with Crippen molar-refractivity contribution in [3.63, 3.8) is 0 Å². The van der Waals surface area contributed by atoms with Crippen LogP contribution in [0.3, 0.4) is 0 Å². The molecule has 0 radical (unpaired) electrons. The first-order valence-electron chi connectivity index (χ1n) is 14.1. The second-order valence-corrected chi connectivity index (χ2v) is 11.1. The van der Waals surface area contributed by atoms with Crippen molar-refractivity contribution < 1.29 is 9.47 Å². The minimum Gasteiger partial charge on any atom is -0.375 e. The molecule has 1 fully saturated rings. The highest BCUT2D eigenvalue weighted by Gasteiger charge is 2.21. The Balaban J connectivity index is 1.26. The van der Waals surface area contributed by atoms with Gasteiger partial charge in [0.05, 0.1) is 36.1 Å². The molecule has 1 aliphatic rings. The Morgan fingerprint density at radius 2 is 1.74 bits per heavy atom. The molecule has 0 aliphatic carbocycles. The fourth-order valence-corrected chi connectivity index (χ4v) is 5.47. The number of ether oxygens (including phenoxy) is 2. The largest absolute Gasteiger partial charge is 0.375 e. The summed E-state index contributed by atoms with van der Waals surface area (Å²) in [7, 11) is 1.74. The van der Waals surface area contributed by atoms with Crippen LogP contribution in [0.5, 0.6) is 0 Å². The Labute approximate surface area is 229 Å². The van der Waals surface area contributed by atoms with Gasteiger partial charge in [-0.2, -0.15) is 0 Å². The van der Waals surface area contributed by atoms with Crippen molar-refractivity contribution >= 4 is 22.1 Å². The summed E-state index contributed by atoms with van der Waals surface area (Å²) in [5, 5.41) is 9.61. The van der Waals surface area contributed by atoms with Gasteiger partial charge in [0.25, 0.3) is 0 Å². The molecule has 3 aromatic heterocycles. The summed E-state index contributed by atoms with van der Waals surface area (Å²) < 4.78 is 15.4. The third-order valence-corrected chi connectivity index (χ3v) is 7.59. The molecule has 9 nitrogen and oxygen atoms in total. The van der Waals surface area contributed by atoms with E-state index in [-0.39, 0.29) is 17.8 Å². The smallest absolute Gasteiger partial charge is 0.330 e. The summed E-state index contributed by atoms with van der Waals surface area (Å²) in [6.07, 6.45) is 4.66. The minimum absolute atomic E-state index is 0.00501. The van der Waals surface area contributed by atoms with Crippen LogP contribution in [-0.4, -0.2) is 67.7 Å². The third-order valence-electron chi connectivity index (χ3n) is 7.59. The van der Waals surface area contributed by atoms with Gasteiger partial charge >= 0.3 is 5.69 Å². The average molecular weight is 533 g/mol. The van der Waals surface area contributed by atoms with Gasteiger partial charge in [0, 0.05) is 49.9 Å². The monoisotopic (exact) mass is 532 g/mol. The second kappa shape index (κ2) is 11.5. The molecule has 4 heterocycles. The summed E-state index contributed by atoms with van der Waals surface area (Å²) in [5.41, 5.74) is 5.00. The Hall–Kier alpha value is -3.14. The van der Waals surface area contributed by atoms with Crippen molar-refractivity contribution in [2.24, 2.45) is 7.05 Å². The number of likely N-dealkylation sites (tertiary alicyclic amines) is 1. The van der Waals surface area contributed by atoms with Crippen molar-refractivity contribution in [3.8, 4) is 11.1 Å². The number of hydrogen-bond acceptors (Lipinski definition) is 7. The molecule has 0 bridgehead atoms. The maximum atomic E-state index is 12.9. The van der Waals surface area contributed by atoms with Crippen LogP contribution in [0.2, 0.25) is 0 Å². The van der Waals surface area contributed by atoms with Gasteiger partial charge in [0.1, 0.15) is 5.52 Å². The van der Waals surface area contributed by atoms with Gasteiger partial charge in [-0.3, -0.25) is 14.1 Å². The fourth-order valence-electron chi connectivity index (χ4n) is 5.47. The van der Waals surface area contributed by atoms with E-state index < -0.39 is 0 Å². The van der Waals surface area contributed by atoms with E-state index in [0.29, 0.717) is 24.5 Å². The summed E-state index contributed by atoms with van der Waals surface area (Å²) in [6.45, 7) is 14.0. The molecule has 0 unspecified atom stereocenters. The number of benzene rings is 1. The standard InChI is InChI=1S/C30H40N6O3/c1-19(2)36-28-25-17-22(7-10-27(25)32-33-29(28)34(6)30(36)37)23-8-9-26(31-18-23)21(5)38-16-15-35-13-11-24(12-14-35)39-20(3)4/h7-10,17-21,24H,11-16H2,1-6H3/t21-/m1/s1.